The van der Waals surface area contributed by atoms with E-state index in [4.69, 9.17) is 5.11 Å². The number of aryl methyl sites for hydroxylation is 1. The van der Waals surface area contributed by atoms with Crippen LogP contribution < -0.4 is 5.32 Å². The van der Waals surface area contributed by atoms with Gasteiger partial charge in [-0.05, 0) is 36.8 Å². The van der Waals surface area contributed by atoms with E-state index in [9.17, 15) is 4.79 Å². The Bertz CT molecular complexity index is 614. The molecule has 19 heavy (non-hydrogen) atoms. The van der Waals surface area contributed by atoms with Crippen molar-refractivity contribution in [3.8, 4) is 0 Å². The third-order valence-corrected chi connectivity index (χ3v) is 3.52. The largest absolute Gasteiger partial charge is 0.390 e. The lowest BCUT2D eigenvalue weighted by Crippen LogP contribution is -2.12. The Morgan fingerprint density at radius 1 is 1.37 bits per heavy atom. The average molecular weight is 321 g/mol. The SMILES string of the molecule is Cc1ccc(NC(=O)c2ccnc(CO)c2)cc1Br. The first-order valence-corrected chi connectivity index (χ1v) is 6.53. The summed E-state index contributed by atoms with van der Waals surface area (Å²) < 4.78 is 0.941. The van der Waals surface area contributed by atoms with Crippen LogP contribution in [0.2, 0.25) is 0 Å². The molecule has 2 rings (SSSR count). The Kier molecular flexibility index (Phi) is 4.29. The van der Waals surface area contributed by atoms with E-state index in [-0.39, 0.29) is 12.5 Å². The van der Waals surface area contributed by atoms with Crippen LogP contribution in [0.15, 0.2) is 41.0 Å². The number of hydrogen-bond acceptors (Lipinski definition) is 3. The number of hydrogen-bond donors (Lipinski definition) is 2. The van der Waals surface area contributed by atoms with Crippen LogP contribution in [0.25, 0.3) is 0 Å². The molecule has 0 aliphatic rings. The number of aliphatic hydroxyl groups is 1. The van der Waals surface area contributed by atoms with Gasteiger partial charge in [0, 0.05) is 21.9 Å². The number of halogens is 1. The van der Waals surface area contributed by atoms with Gasteiger partial charge >= 0.3 is 0 Å². The first-order valence-electron chi connectivity index (χ1n) is 5.73. The zero-order chi connectivity index (χ0) is 13.8. The molecular weight excluding hydrogens is 308 g/mol. The Morgan fingerprint density at radius 3 is 2.84 bits per heavy atom. The number of amides is 1. The highest BCUT2D eigenvalue weighted by Crippen LogP contribution is 2.21. The molecule has 1 aromatic carbocycles. The molecule has 5 heteroatoms. The third-order valence-electron chi connectivity index (χ3n) is 2.67. The first kappa shape index (κ1) is 13.7. The topological polar surface area (TPSA) is 62.2 Å². The Morgan fingerprint density at radius 2 is 2.16 bits per heavy atom. The predicted octanol–water partition coefficient (Wildman–Crippen LogP) is 2.90. The van der Waals surface area contributed by atoms with Crippen LogP contribution in [0.5, 0.6) is 0 Å². The molecule has 98 valence electrons. The number of pyridine rings is 1. The number of rotatable bonds is 3. The zero-order valence-electron chi connectivity index (χ0n) is 10.4. The van der Waals surface area contributed by atoms with Crippen molar-refractivity contribution in [2.24, 2.45) is 0 Å². The van der Waals surface area contributed by atoms with Crippen molar-refractivity contribution in [1.82, 2.24) is 4.98 Å². The molecule has 0 atom stereocenters. The molecule has 0 fully saturated rings. The summed E-state index contributed by atoms with van der Waals surface area (Å²) in [4.78, 5) is 16.0. The van der Waals surface area contributed by atoms with E-state index in [1.807, 2.05) is 25.1 Å². The minimum absolute atomic E-state index is 0.183. The van der Waals surface area contributed by atoms with Crippen LogP contribution >= 0.6 is 15.9 Å². The Balaban J connectivity index is 2.18. The van der Waals surface area contributed by atoms with E-state index < -0.39 is 0 Å². The van der Waals surface area contributed by atoms with Crippen molar-refractivity contribution >= 4 is 27.5 Å². The number of carbonyl (C=O) groups is 1. The number of benzene rings is 1. The molecule has 1 heterocycles. The fourth-order valence-electron chi connectivity index (χ4n) is 1.58. The minimum Gasteiger partial charge on any atom is -0.390 e. The zero-order valence-corrected chi connectivity index (χ0v) is 11.9. The second-order valence-electron chi connectivity index (χ2n) is 4.11. The van der Waals surface area contributed by atoms with Crippen LogP contribution in [0.4, 0.5) is 5.69 Å². The predicted molar refractivity (Wildman–Crippen MR) is 77.0 cm³/mol. The lowest BCUT2D eigenvalue weighted by atomic mass is 10.2. The number of aliphatic hydroxyl groups excluding tert-OH is 1. The summed E-state index contributed by atoms with van der Waals surface area (Å²) in [6.45, 7) is 1.79. The van der Waals surface area contributed by atoms with Gasteiger partial charge in [-0.1, -0.05) is 22.0 Å². The minimum atomic E-state index is -0.229. The second kappa shape index (κ2) is 5.95. The third kappa shape index (κ3) is 3.39. The van der Waals surface area contributed by atoms with E-state index in [2.05, 4.69) is 26.2 Å². The van der Waals surface area contributed by atoms with Crippen molar-refractivity contribution in [3.05, 3.63) is 57.8 Å². The van der Waals surface area contributed by atoms with Gasteiger partial charge in [0.25, 0.3) is 5.91 Å². The summed E-state index contributed by atoms with van der Waals surface area (Å²) in [6, 6.07) is 8.79. The van der Waals surface area contributed by atoms with E-state index in [0.717, 1.165) is 10.0 Å². The molecule has 0 aliphatic carbocycles. The standard InChI is InChI=1S/C14H13BrN2O2/c1-9-2-3-11(7-13(9)15)17-14(19)10-4-5-16-12(6-10)8-18/h2-7,18H,8H2,1H3,(H,17,19). The fraction of sp³-hybridized carbons (Fsp3) is 0.143. The van der Waals surface area contributed by atoms with Gasteiger partial charge in [-0.2, -0.15) is 0 Å². The molecule has 2 N–H and O–H groups in total. The molecule has 4 nitrogen and oxygen atoms in total. The normalized spacial score (nSPS) is 10.3. The smallest absolute Gasteiger partial charge is 0.255 e. The van der Waals surface area contributed by atoms with Crippen molar-refractivity contribution in [3.63, 3.8) is 0 Å². The van der Waals surface area contributed by atoms with Gasteiger partial charge in [0.15, 0.2) is 0 Å². The van der Waals surface area contributed by atoms with Gasteiger partial charge < -0.3 is 10.4 Å². The molecule has 0 unspecified atom stereocenters. The summed E-state index contributed by atoms with van der Waals surface area (Å²) in [7, 11) is 0. The highest BCUT2D eigenvalue weighted by Gasteiger charge is 2.08. The highest BCUT2D eigenvalue weighted by atomic mass is 79.9. The molecule has 0 aliphatic heterocycles. The van der Waals surface area contributed by atoms with Gasteiger partial charge in [-0.3, -0.25) is 9.78 Å². The summed E-state index contributed by atoms with van der Waals surface area (Å²) >= 11 is 3.42. The number of anilines is 1. The van der Waals surface area contributed by atoms with Gasteiger partial charge in [-0.15, -0.1) is 0 Å². The lowest BCUT2D eigenvalue weighted by molar-refractivity contribution is 0.102. The maximum absolute atomic E-state index is 12.0. The summed E-state index contributed by atoms with van der Waals surface area (Å²) in [6.07, 6.45) is 1.51. The van der Waals surface area contributed by atoms with Crippen LogP contribution in [-0.2, 0) is 6.61 Å². The number of carbonyl (C=O) groups excluding carboxylic acids is 1. The molecule has 1 aromatic heterocycles. The van der Waals surface area contributed by atoms with Crippen molar-refractivity contribution in [1.29, 1.82) is 0 Å². The number of nitrogens with one attached hydrogen (secondary N) is 1. The lowest BCUT2D eigenvalue weighted by Gasteiger charge is -2.07. The quantitative estimate of drug-likeness (QED) is 0.914. The second-order valence-corrected chi connectivity index (χ2v) is 4.97. The average Bonchev–Trinajstić information content (AvgIpc) is 2.43. The number of aromatic nitrogens is 1. The van der Waals surface area contributed by atoms with Gasteiger partial charge in [0.2, 0.25) is 0 Å². The van der Waals surface area contributed by atoms with Crippen molar-refractivity contribution in [2.45, 2.75) is 13.5 Å². The van der Waals surface area contributed by atoms with Gasteiger partial charge in [-0.25, -0.2) is 0 Å². The van der Waals surface area contributed by atoms with Crippen LogP contribution in [0.3, 0.4) is 0 Å². The Hall–Kier alpha value is -1.72. The molecule has 0 saturated heterocycles. The highest BCUT2D eigenvalue weighted by molar-refractivity contribution is 9.10. The summed E-state index contributed by atoms with van der Waals surface area (Å²) in [5.41, 5.74) is 2.75. The maximum atomic E-state index is 12.0. The van der Waals surface area contributed by atoms with E-state index >= 15 is 0 Å². The van der Waals surface area contributed by atoms with Crippen molar-refractivity contribution < 1.29 is 9.90 Å². The summed E-state index contributed by atoms with van der Waals surface area (Å²) in [5, 5.41) is 11.8. The molecule has 1 amide bonds. The monoisotopic (exact) mass is 320 g/mol. The molecule has 0 spiro atoms. The molecule has 0 saturated carbocycles. The fourth-order valence-corrected chi connectivity index (χ4v) is 1.96. The van der Waals surface area contributed by atoms with Crippen LogP contribution in [0.1, 0.15) is 21.6 Å². The Labute approximate surface area is 119 Å². The van der Waals surface area contributed by atoms with Crippen molar-refractivity contribution in [2.75, 3.05) is 5.32 Å². The van der Waals surface area contributed by atoms with Crippen LogP contribution in [-0.4, -0.2) is 16.0 Å². The van der Waals surface area contributed by atoms with E-state index in [1.165, 1.54) is 6.20 Å². The van der Waals surface area contributed by atoms with Gasteiger partial charge in [0.1, 0.15) is 0 Å². The summed E-state index contributed by atoms with van der Waals surface area (Å²) in [5.74, 6) is -0.229. The van der Waals surface area contributed by atoms with E-state index in [0.29, 0.717) is 16.9 Å². The molecular formula is C14H13BrN2O2. The van der Waals surface area contributed by atoms with E-state index in [1.54, 1.807) is 12.1 Å². The molecule has 2 aromatic rings. The molecule has 0 bridgehead atoms. The van der Waals surface area contributed by atoms with Crippen LogP contribution in [0, 0.1) is 6.92 Å². The maximum Gasteiger partial charge on any atom is 0.255 e. The van der Waals surface area contributed by atoms with Gasteiger partial charge in [0.05, 0.1) is 12.3 Å². The molecule has 0 radical (unpaired) electrons. The number of nitrogens with zero attached hydrogens (tertiary/aromatic N) is 1. The first-order chi connectivity index (χ1) is 9.10.